The Morgan fingerprint density at radius 2 is 2.31 bits per heavy atom. The van der Waals surface area contributed by atoms with Gasteiger partial charge in [0.25, 0.3) is 0 Å². The molecule has 0 radical (unpaired) electrons. The SMILES string of the molecule is CCC1CCCN1COP(=O)(O)O. The summed E-state index contributed by atoms with van der Waals surface area (Å²) in [6, 6.07) is 0.423. The van der Waals surface area contributed by atoms with Crippen molar-refractivity contribution in [3.8, 4) is 0 Å². The highest BCUT2D eigenvalue weighted by Gasteiger charge is 2.25. The zero-order chi connectivity index (χ0) is 9.90. The number of likely N-dealkylation sites (tertiary alicyclic amines) is 1. The Morgan fingerprint density at radius 3 is 2.85 bits per heavy atom. The van der Waals surface area contributed by atoms with Crippen molar-refractivity contribution >= 4 is 7.82 Å². The van der Waals surface area contributed by atoms with E-state index in [1.807, 2.05) is 4.90 Å². The van der Waals surface area contributed by atoms with Crippen LogP contribution in [0.25, 0.3) is 0 Å². The van der Waals surface area contributed by atoms with E-state index in [0.29, 0.717) is 6.04 Å². The van der Waals surface area contributed by atoms with Crippen molar-refractivity contribution in [2.24, 2.45) is 0 Å². The monoisotopic (exact) mass is 209 g/mol. The van der Waals surface area contributed by atoms with Crippen LogP contribution in [0.5, 0.6) is 0 Å². The molecule has 2 N–H and O–H groups in total. The van der Waals surface area contributed by atoms with Gasteiger partial charge in [-0.1, -0.05) is 6.92 Å². The molecular weight excluding hydrogens is 193 g/mol. The lowest BCUT2D eigenvalue weighted by Crippen LogP contribution is -2.30. The Morgan fingerprint density at radius 1 is 1.62 bits per heavy atom. The second-order valence-electron chi connectivity index (χ2n) is 3.27. The number of hydrogen-bond acceptors (Lipinski definition) is 3. The number of phosphoric ester groups is 1. The van der Waals surface area contributed by atoms with Crippen molar-refractivity contribution < 1.29 is 18.9 Å². The van der Waals surface area contributed by atoms with Gasteiger partial charge in [-0.3, -0.25) is 9.42 Å². The van der Waals surface area contributed by atoms with Crippen LogP contribution in [0.3, 0.4) is 0 Å². The van der Waals surface area contributed by atoms with Crippen LogP contribution in [0, 0.1) is 0 Å². The molecule has 5 nitrogen and oxygen atoms in total. The quantitative estimate of drug-likeness (QED) is 0.674. The predicted octanol–water partition coefficient (Wildman–Crippen LogP) is 0.928. The largest absolute Gasteiger partial charge is 0.470 e. The lowest BCUT2D eigenvalue weighted by Gasteiger charge is -2.22. The molecule has 0 saturated carbocycles. The summed E-state index contributed by atoms with van der Waals surface area (Å²) in [6.07, 6.45) is 3.19. The molecule has 0 aliphatic carbocycles. The molecule has 1 atom stereocenters. The Labute approximate surface area is 77.9 Å². The predicted molar refractivity (Wildman–Crippen MR) is 48.0 cm³/mol. The van der Waals surface area contributed by atoms with Gasteiger partial charge in [-0.15, -0.1) is 0 Å². The Kier molecular flexibility index (Phi) is 3.88. The maximum absolute atomic E-state index is 10.4. The van der Waals surface area contributed by atoms with E-state index in [9.17, 15) is 4.57 Å². The first-order valence-corrected chi connectivity index (χ1v) is 6.00. The van der Waals surface area contributed by atoms with Crippen molar-refractivity contribution in [1.29, 1.82) is 0 Å². The van der Waals surface area contributed by atoms with Gasteiger partial charge in [0.1, 0.15) is 6.73 Å². The standard InChI is InChI=1S/C7H16NO4P/c1-2-7-4-3-5-8(7)6-12-13(9,10)11/h7H,2-6H2,1H3,(H2,9,10,11). The van der Waals surface area contributed by atoms with Gasteiger partial charge < -0.3 is 9.79 Å². The molecular formula is C7H16NO4P. The van der Waals surface area contributed by atoms with Gasteiger partial charge in [0.2, 0.25) is 0 Å². The lowest BCUT2D eigenvalue weighted by atomic mass is 10.2. The molecule has 0 bridgehead atoms. The fourth-order valence-electron chi connectivity index (χ4n) is 1.68. The van der Waals surface area contributed by atoms with Crippen LogP contribution < -0.4 is 0 Å². The minimum Gasteiger partial charge on any atom is -0.303 e. The van der Waals surface area contributed by atoms with Gasteiger partial charge in [0.15, 0.2) is 0 Å². The Hall–Kier alpha value is 0.0700. The summed E-state index contributed by atoms with van der Waals surface area (Å²) in [6.45, 7) is 2.99. The third-order valence-corrected chi connectivity index (χ3v) is 2.81. The molecule has 0 amide bonds. The van der Waals surface area contributed by atoms with Gasteiger partial charge >= 0.3 is 7.82 Å². The van der Waals surface area contributed by atoms with E-state index >= 15 is 0 Å². The molecule has 1 unspecified atom stereocenters. The summed E-state index contributed by atoms with van der Waals surface area (Å²) in [5, 5.41) is 0. The zero-order valence-electron chi connectivity index (χ0n) is 7.72. The second kappa shape index (κ2) is 4.53. The molecule has 0 aromatic carbocycles. The molecule has 13 heavy (non-hydrogen) atoms. The highest BCUT2D eigenvalue weighted by atomic mass is 31.2. The topological polar surface area (TPSA) is 70.0 Å². The molecule has 78 valence electrons. The number of phosphoric acid groups is 1. The maximum atomic E-state index is 10.4. The minimum atomic E-state index is -4.30. The van der Waals surface area contributed by atoms with Crippen molar-refractivity contribution in [2.45, 2.75) is 32.2 Å². The fourth-order valence-corrected chi connectivity index (χ4v) is 1.98. The van der Waals surface area contributed by atoms with Gasteiger partial charge in [-0.05, 0) is 19.3 Å². The van der Waals surface area contributed by atoms with Crippen LogP contribution in [0.1, 0.15) is 26.2 Å². The first kappa shape index (κ1) is 11.1. The number of hydrogen-bond donors (Lipinski definition) is 2. The normalized spacial score (nSPS) is 25.3. The molecule has 0 aromatic rings. The molecule has 0 spiro atoms. The molecule has 1 saturated heterocycles. The molecule has 0 aromatic heterocycles. The Bertz CT molecular complexity index is 205. The minimum absolute atomic E-state index is 0.0444. The van der Waals surface area contributed by atoms with Crippen molar-refractivity contribution in [3.63, 3.8) is 0 Å². The van der Waals surface area contributed by atoms with Crippen LogP contribution in [0.15, 0.2) is 0 Å². The fraction of sp³-hybridized carbons (Fsp3) is 1.00. The highest BCUT2D eigenvalue weighted by molar-refractivity contribution is 7.46. The smallest absolute Gasteiger partial charge is 0.303 e. The average molecular weight is 209 g/mol. The van der Waals surface area contributed by atoms with E-state index in [-0.39, 0.29) is 6.73 Å². The number of rotatable bonds is 4. The number of nitrogens with zero attached hydrogens (tertiary/aromatic N) is 1. The molecule has 1 fully saturated rings. The first-order valence-electron chi connectivity index (χ1n) is 4.47. The summed E-state index contributed by atoms with van der Waals surface area (Å²) in [5.74, 6) is 0. The average Bonchev–Trinajstić information content (AvgIpc) is 2.46. The van der Waals surface area contributed by atoms with Crippen LogP contribution >= 0.6 is 7.82 Å². The summed E-state index contributed by atoms with van der Waals surface area (Å²) in [7, 11) is -4.30. The lowest BCUT2D eigenvalue weighted by molar-refractivity contribution is 0.0817. The van der Waals surface area contributed by atoms with Crippen LogP contribution in [-0.4, -0.2) is 34.0 Å². The third kappa shape index (κ3) is 3.75. The van der Waals surface area contributed by atoms with E-state index in [1.54, 1.807) is 0 Å². The first-order chi connectivity index (χ1) is 6.03. The highest BCUT2D eigenvalue weighted by Crippen LogP contribution is 2.36. The molecule has 1 aliphatic rings. The maximum Gasteiger partial charge on any atom is 0.470 e. The Balaban J connectivity index is 2.32. The van der Waals surface area contributed by atoms with E-state index in [2.05, 4.69) is 11.4 Å². The van der Waals surface area contributed by atoms with Gasteiger partial charge in [0, 0.05) is 12.6 Å². The van der Waals surface area contributed by atoms with E-state index in [0.717, 1.165) is 25.8 Å². The van der Waals surface area contributed by atoms with Crippen LogP contribution in [0.4, 0.5) is 0 Å². The van der Waals surface area contributed by atoms with E-state index in [4.69, 9.17) is 9.79 Å². The molecule has 6 heteroatoms. The van der Waals surface area contributed by atoms with Crippen LogP contribution in [-0.2, 0) is 9.09 Å². The summed E-state index contributed by atoms with van der Waals surface area (Å²) in [4.78, 5) is 19.0. The molecule has 1 heterocycles. The van der Waals surface area contributed by atoms with Gasteiger partial charge in [-0.2, -0.15) is 0 Å². The van der Waals surface area contributed by atoms with E-state index in [1.165, 1.54) is 0 Å². The van der Waals surface area contributed by atoms with Crippen molar-refractivity contribution in [1.82, 2.24) is 4.90 Å². The molecule has 1 rings (SSSR count). The van der Waals surface area contributed by atoms with Crippen molar-refractivity contribution in [3.05, 3.63) is 0 Å². The van der Waals surface area contributed by atoms with E-state index < -0.39 is 7.82 Å². The van der Waals surface area contributed by atoms with Crippen LogP contribution in [0.2, 0.25) is 0 Å². The molecule has 1 aliphatic heterocycles. The second-order valence-corrected chi connectivity index (χ2v) is 4.50. The summed E-state index contributed by atoms with van der Waals surface area (Å²) in [5.41, 5.74) is 0. The third-order valence-electron chi connectivity index (χ3n) is 2.36. The van der Waals surface area contributed by atoms with Gasteiger partial charge in [-0.25, -0.2) is 4.57 Å². The zero-order valence-corrected chi connectivity index (χ0v) is 8.61. The van der Waals surface area contributed by atoms with Gasteiger partial charge in [0.05, 0.1) is 0 Å². The summed E-state index contributed by atoms with van der Waals surface area (Å²) >= 11 is 0. The van der Waals surface area contributed by atoms with Crippen molar-refractivity contribution in [2.75, 3.05) is 13.3 Å². The summed E-state index contributed by atoms with van der Waals surface area (Å²) < 4.78 is 14.9.